The van der Waals surface area contributed by atoms with E-state index in [0.717, 1.165) is 34.0 Å². The first kappa shape index (κ1) is 10.6. The number of anilines is 1. The van der Waals surface area contributed by atoms with Gasteiger partial charge in [-0.2, -0.15) is 0 Å². The molecule has 3 heteroatoms. The number of hydrogen-bond acceptors (Lipinski definition) is 3. The Hall–Kier alpha value is -1.90. The summed E-state index contributed by atoms with van der Waals surface area (Å²) in [5, 5.41) is 0. The summed E-state index contributed by atoms with van der Waals surface area (Å²) in [6.45, 7) is 6.05. The minimum absolute atomic E-state index is 0.754. The topological polar surface area (TPSA) is 51.8 Å². The Kier molecular flexibility index (Phi) is 2.60. The van der Waals surface area contributed by atoms with Gasteiger partial charge >= 0.3 is 0 Å². The minimum Gasteiger partial charge on any atom is -0.399 e. The van der Waals surface area contributed by atoms with Gasteiger partial charge < -0.3 is 5.73 Å². The van der Waals surface area contributed by atoms with Gasteiger partial charge in [-0.1, -0.05) is 0 Å². The van der Waals surface area contributed by atoms with Crippen LogP contribution in [-0.2, 0) is 0 Å². The molecule has 1 aromatic heterocycles. The lowest BCUT2D eigenvalue weighted by Gasteiger charge is -2.07. The van der Waals surface area contributed by atoms with Crippen LogP contribution in [0.25, 0.3) is 11.4 Å². The number of aryl methyl sites for hydroxylation is 2. The number of rotatable bonds is 1. The van der Waals surface area contributed by atoms with E-state index in [1.807, 2.05) is 45.0 Å². The van der Waals surface area contributed by atoms with Crippen LogP contribution in [0.4, 0.5) is 5.69 Å². The van der Waals surface area contributed by atoms with Gasteiger partial charge in [0, 0.05) is 22.6 Å². The second kappa shape index (κ2) is 3.93. The Bertz CT molecular complexity index is 492. The summed E-state index contributed by atoms with van der Waals surface area (Å²) in [6, 6.07) is 7.62. The van der Waals surface area contributed by atoms with Crippen molar-refractivity contribution in [3.63, 3.8) is 0 Å². The van der Waals surface area contributed by atoms with Crippen LogP contribution in [0.1, 0.15) is 17.0 Å². The van der Waals surface area contributed by atoms with Gasteiger partial charge in [-0.05, 0) is 50.6 Å². The monoisotopic (exact) mass is 213 g/mol. The molecule has 0 atom stereocenters. The number of nitrogens with two attached hydrogens (primary N) is 1. The smallest absolute Gasteiger partial charge is 0.159 e. The quantitative estimate of drug-likeness (QED) is 0.741. The lowest BCUT2D eigenvalue weighted by atomic mass is 10.1. The molecule has 2 aromatic rings. The minimum atomic E-state index is 0.754. The first-order valence-corrected chi connectivity index (χ1v) is 5.25. The number of nitrogens with zero attached hydrogens (tertiary/aromatic N) is 2. The van der Waals surface area contributed by atoms with E-state index in [9.17, 15) is 0 Å². The molecule has 1 heterocycles. The summed E-state index contributed by atoms with van der Waals surface area (Å²) in [5.41, 5.74) is 10.6. The molecule has 0 amide bonds. The largest absolute Gasteiger partial charge is 0.399 e. The van der Waals surface area contributed by atoms with Crippen LogP contribution < -0.4 is 5.73 Å². The van der Waals surface area contributed by atoms with Crippen molar-refractivity contribution < 1.29 is 0 Å². The summed E-state index contributed by atoms with van der Waals surface area (Å²) < 4.78 is 0. The van der Waals surface area contributed by atoms with Crippen LogP contribution in [0.15, 0.2) is 24.3 Å². The lowest BCUT2D eigenvalue weighted by Crippen LogP contribution is -1.99. The van der Waals surface area contributed by atoms with Crippen molar-refractivity contribution in [2.75, 3.05) is 5.73 Å². The van der Waals surface area contributed by atoms with Crippen molar-refractivity contribution in [3.05, 3.63) is 41.2 Å². The van der Waals surface area contributed by atoms with E-state index < -0.39 is 0 Å². The van der Waals surface area contributed by atoms with Crippen molar-refractivity contribution in [2.24, 2.45) is 0 Å². The molecule has 0 saturated heterocycles. The van der Waals surface area contributed by atoms with Crippen LogP contribution in [-0.4, -0.2) is 9.97 Å². The zero-order chi connectivity index (χ0) is 11.7. The maximum Gasteiger partial charge on any atom is 0.159 e. The van der Waals surface area contributed by atoms with Gasteiger partial charge in [0.2, 0.25) is 0 Å². The second-order valence-corrected chi connectivity index (χ2v) is 3.97. The van der Waals surface area contributed by atoms with Gasteiger partial charge in [-0.3, -0.25) is 0 Å². The molecule has 0 fully saturated rings. The molecule has 0 aliphatic rings. The predicted octanol–water partition coefficient (Wildman–Crippen LogP) is 2.65. The van der Waals surface area contributed by atoms with Crippen molar-refractivity contribution in [3.8, 4) is 11.4 Å². The van der Waals surface area contributed by atoms with Crippen molar-refractivity contribution in [1.82, 2.24) is 9.97 Å². The van der Waals surface area contributed by atoms with Crippen LogP contribution >= 0.6 is 0 Å². The Morgan fingerprint density at radius 1 is 0.875 bits per heavy atom. The Balaban J connectivity index is 2.52. The number of aromatic nitrogens is 2. The van der Waals surface area contributed by atoms with Crippen LogP contribution in [0.5, 0.6) is 0 Å². The van der Waals surface area contributed by atoms with Crippen LogP contribution in [0.2, 0.25) is 0 Å². The first-order valence-electron chi connectivity index (χ1n) is 5.25. The Morgan fingerprint density at radius 3 is 1.88 bits per heavy atom. The fraction of sp³-hybridized carbons (Fsp3) is 0.231. The molecule has 0 spiro atoms. The zero-order valence-electron chi connectivity index (χ0n) is 9.78. The molecule has 0 bridgehead atoms. The highest BCUT2D eigenvalue weighted by Gasteiger charge is 2.06. The summed E-state index contributed by atoms with van der Waals surface area (Å²) >= 11 is 0. The van der Waals surface area contributed by atoms with E-state index in [0.29, 0.717) is 0 Å². The maximum absolute atomic E-state index is 5.65. The molecule has 3 nitrogen and oxygen atoms in total. The number of benzene rings is 1. The van der Waals surface area contributed by atoms with Gasteiger partial charge in [-0.25, -0.2) is 9.97 Å². The standard InChI is InChI=1S/C13H15N3/c1-8-9(2)15-13(16-10(8)3)11-4-6-12(14)7-5-11/h4-7H,14H2,1-3H3. The number of nitrogen functional groups attached to an aromatic ring is 1. The Labute approximate surface area is 95.4 Å². The van der Waals surface area contributed by atoms with Gasteiger partial charge in [-0.15, -0.1) is 0 Å². The predicted molar refractivity (Wildman–Crippen MR) is 66.1 cm³/mol. The van der Waals surface area contributed by atoms with E-state index in [2.05, 4.69) is 9.97 Å². The summed E-state index contributed by atoms with van der Waals surface area (Å²) in [7, 11) is 0. The molecule has 0 aliphatic carbocycles. The van der Waals surface area contributed by atoms with Crippen LogP contribution in [0.3, 0.4) is 0 Å². The highest BCUT2D eigenvalue weighted by Crippen LogP contribution is 2.19. The fourth-order valence-electron chi connectivity index (χ4n) is 1.53. The zero-order valence-corrected chi connectivity index (χ0v) is 9.78. The number of hydrogen-bond donors (Lipinski definition) is 1. The van der Waals surface area contributed by atoms with Crippen molar-refractivity contribution in [2.45, 2.75) is 20.8 Å². The molecule has 0 radical (unpaired) electrons. The summed E-state index contributed by atoms with van der Waals surface area (Å²) in [6.07, 6.45) is 0. The molecule has 2 N–H and O–H groups in total. The van der Waals surface area contributed by atoms with Gasteiger partial charge in [0.25, 0.3) is 0 Å². The third-order valence-corrected chi connectivity index (χ3v) is 2.80. The second-order valence-electron chi connectivity index (χ2n) is 3.97. The lowest BCUT2D eigenvalue weighted by molar-refractivity contribution is 1.02. The highest BCUT2D eigenvalue weighted by atomic mass is 14.9. The van der Waals surface area contributed by atoms with Crippen LogP contribution in [0, 0.1) is 20.8 Å². The summed E-state index contributed by atoms with van der Waals surface area (Å²) in [4.78, 5) is 8.96. The molecule has 0 unspecified atom stereocenters. The molecule has 16 heavy (non-hydrogen) atoms. The van der Waals surface area contributed by atoms with E-state index in [4.69, 9.17) is 5.73 Å². The molecule has 1 aromatic carbocycles. The summed E-state index contributed by atoms with van der Waals surface area (Å²) in [5.74, 6) is 0.764. The third-order valence-electron chi connectivity index (χ3n) is 2.80. The average Bonchev–Trinajstić information content (AvgIpc) is 2.26. The van der Waals surface area contributed by atoms with Crippen molar-refractivity contribution in [1.29, 1.82) is 0 Å². The van der Waals surface area contributed by atoms with E-state index in [1.54, 1.807) is 0 Å². The molecule has 82 valence electrons. The van der Waals surface area contributed by atoms with E-state index in [-0.39, 0.29) is 0 Å². The Morgan fingerprint density at radius 2 is 1.38 bits per heavy atom. The molecular weight excluding hydrogens is 198 g/mol. The SMILES string of the molecule is Cc1nc(-c2ccc(N)cc2)nc(C)c1C. The highest BCUT2D eigenvalue weighted by molar-refractivity contribution is 5.59. The third kappa shape index (κ3) is 1.89. The maximum atomic E-state index is 5.65. The molecular formula is C13H15N3. The molecule has 0 aliphatic heterocycles. The molecule has 2 rings (SSSR count). The van der Waals surface area contributed by atoms with Crippen molar-refractivity contribution >= 4 is 5.69 Å². The van der Waals surface area contributed by atoms with E-state index >= 15 is 0 Å². The normalized spacial score (nSPS) is 10.4. The first-order chi connectivity index (χ1) is 7.58. The van der Waals surface area contributed by atoms with Gasteiger partial charge in [0.15, 0.2) is 5.82 Å². The van der Waals surface area contributed by atoms with Gasteiger partial charge in [0.1, 0.15) is 0 Å². The average molecular weight is 213 g/mol. The van der Waals surface area contributed by atoms with Gasteiger partial charge in [0.05, 0.1) is 0 Å². The molecule has 0 saturated carbocycles. The van der Waals surface area contributed by atoms with E-state index in [1.165, 1.54) is 0 Å². The fourth-order valence-corrected chi connectivity index (χ4v) is 1.53.